The van der Waals surface area contributed by atoms with Crippen molar-refractivity contribution in [2.45, 2.75) is 4.90 Å². The average molecular weight is 387 g/mol. The average Bonchev–Trinajstić information content (AvgIpc) is 2.63. The first kappa shape index (κ1) is 18.1. The summed E-state index contributed by atoms with van der Waals surface area (Å²) in [6.07, 6.45) is 2.92. The lowest BCUT2D eigenvalue weighted by atomic mass is 10.2. The topological polar surface area (TPSA) is 68.6 Å². The summed E-state index contributed by atoms with van der Waals surface area (Å²) in [6, 6.07) is 18.5. The van der Waals surface area contributed by atoms with Crippen LogP contribution in [-0.4, -0.2) is 21.4 Å². The van der Waals surface area contributed by atoms with Crippen LogP contribution >= 0.6 is 11.6 Å². The minimum atomic E-state index is -2.93. The van der Waals surface area contributed by atoms with Crippen molar-refractivity contribution >= 4 is 27.2 Å². The molecule has 0 unspecified atom stereocenters. The van der Waals surface area contributed by atoms with Gasteiger partial charge in [0.2, 0.25) is 5.88 Å². The van der Waals surface area contributed by atoms with Crippen molar-refractivity contribution in [3.8, 4) is 11.6 Å². The third kappa shape index (κ3) is 4.28. The van der Waals surface area contributed by atoms with Crippen molar-refractivity contribution in [1.29, 1.82) is 0 Å². The predicted octanol–water partition coefficient (Wildman–Crippen LogP) is 4.82. The summed E-state index contributed by atoms with van der Waals surface area (Å²) in [6.45, 7) is 0. The number of rotatable bonds is 4. The number of pyridine rings is 1. The Morgan fingerprint density at radius 1 is 1.04 bits per heavy atom. The quantitative estimate of drug-likeness (QED) is 0.644. The van der Waals surface area contributed by atoms with Crippen LogP contribution in [-0.2, 0) is 9.73 Å². The lowest BCUT2D eigenvalue weighted by Crippen LogP contribution is -2.06. The van der Waals surface area contributed by atoms with Crippen molar-refractivity contribution in [2.75, 3.05) is 6.26 Å². The number of aromatic nitrogens is 1. The molecule has 0 aliphatic carbocycles. The number of ether oxygens (including phenoxy) is 1. The molecule has 2 aromatic carbocycles. The first-order valence-electron chi connectivity index (χ1n) is 7.66. The second-order valence-electron chi connectivity index (χ2n) is 5.42. The largest absolute Gasteiger partial charge is 0.438 e. The summed E-state index contributed by atoms with van der Waals surface area (Å²) < 4.78 is 22.4. The zero-order chi connectivity index (χ0) is 18.6. The number of amides is 1. The molecule has 1 atom stereocenters. The lowest BCUT2D eigenvalue weighted by Gasteiger charge is -2.08. The molecule has 1 heterocycles. The molecule has 0 aliphatic heterocycles. The molecule has 0 bridgehead atoms. The van der Waals surface area contributed by atoms with Gasteiger partial charge in [0.25, 0.3) is 5.91 Å². The first-order chi connectivity index (χ1) is 12.5. The van der Waals surface area contributed by atoms with E-state index < -0.39 is 15.6 Å². The molecule has 1 aromatic heterocycles. The van der Waals surface area contributed by atoms with Crippen LogP contribution in [0, 0.1) is 0 Å². The summed E-state index contributed by atoms with van der Waals surface area (Å²) in [7, 11) is -2.93. The molecule has 26 heavy (non-hydrogen) atoms. The summed E-state index contributed by atoms with van der Waals surface area (Å²) in [5.74, 6) is -0.0135. The predicted molar refractivity (Wildman–Crippen MR) is 101 cm³/mol. The second kappa shape index (κ2) is 7.68. The minimum absolute atomic E-state index is 0.110. The third-order valence-electron chi connectivity index (χ3n) is 3.47. The molecule has 1 amide bonds. The smallest absolute Gasteiger partial charge is 0.290 e. The Morgan fingerprint density at radius 2 is 1.73 bits per heavy atom. The van der Waals surface area contributed by atoms with Crippen molar-refractivity contribution < 1.29 is 13.7 Å². The van der Waals surface area contributed by atoms with Crippen LogP contribution in [0.15, 0.2) is 82.2 Å². The van der Waals surface area contributed by atoms with Gasteiger partial charge in [-0.05, 0) is 48.5 Å². The van der Waals surface area contributed by atoms with Gasteiger partial charge in [-0.2, -0.15) is 4.36 Å². The van der Waals surface area contributed by atoms with Gasteiger partial charge in [0.1, 0.15) is 11.3 Å². The van der Waals surface area contributed by atoms with E-state index in [1.165, 1.54) is 18.5 Å². The maximum absolute atomic E-state index is 12.9. The van der Waals surface area contributed by atoms with Gasteiger partial charge in [-0.15, -0.1) is 0 Å². The molecule has 0 N–H and O–H groups in total. The van der Waals surface area contributed by atoms with Crippen LogP contribution in [0.2, 0.25) is 5.02 Å². The third-order valence-corrected chi connectivity index (χ3v) is 5.38. The molecule has 3 rings (SSSR count). The van der Waals surface area contributed by atoms with Crippen LogP contribution < -0.4 is 4.74 Å². The Balaban J connectivity index is 1.95. The van der Waals surface area contributed by atoms with E-state index in [0.717, 1.165) is 0 Å². The zero-order valence-electron chi connectivity index (χ0n) is 13.8. The molecule has 5 nitrogen and oxygen atoms in total. The molecule has 7 heteroatoms. The molecule has 3 aromatic rings. The minimum Gasteiger partial charge on any atom is -0.438 e. The molecule has 0 radical (unpaired) electrons. The molecule has 0 spiro atoms. The molecular formula is C19H15ClN2O3S. The molecule has 0 fully saturated rings. The van der Waals surface area contributed by atoms with Crippen molar-refractivity contribution in [3.63, 3.8) is 0 Å². The summed E-state index contributed by atoms with van der Waals surface area (Å²) in [5.41, 5.74) is 0.139. The van der Waals surface area contributed by atoms with E-state index in [2.05, 4.69) is 9.35 Å². The van der Waals surface area contributed by atoms with Gasteiger partial charge in [-0.3, -0.25) is 4.79 Å². The fourth-order valence-corrected chi connectivity index (χ4v) is 3.47. The Morgan fingerprint density at radius 3 is 2.42 bits per heavy atom. The fraction of sp³-hybridized carbons (Fsp3) is 0.0526. The van der Waals surface area contributed by atoms with Crippen LogP contribution in [0.4, 0.5) is 0 Å². The number of carbonyl (C=O) groups is 1. The molecule has 0 aliphatic rings. The Kier molecular flexibility index (Phi) is 5.35. The number of nitrogens with zero attached hydrogens (tertiary/aromatic N) is 2. The van der Waals surface area contributed by atoms with E-state index >= 15 is 0 Å². The van der Waals surface area contributed by atoms with Crippen molar-refractivity contribution in [3.05, 3.63) is 83.5 Å². The van der Waals surface area contributed by atoms with E-state index in [1.807, 2.05) is 18.2 Å². The van der Waals surface area contributed by atoms with Crippen LogP contribution in [0.3, 0.4) is 0 Å². The van der Waals surface area contributed by atoms with E-state index in [0.29, 0.717) is 15.7 Å². The zero-order valence-corrected chi connectivity index (χ0v) is 15.4. The van der Waals surface area contributed by atoms with E-state index in [4.69, 9.17) is 16.3 Å². The highest BCUT2D eigenvalue weighted by Gasteiger charge is 2.17. The maximum Gasteiger partial charge on any atom is 0.290 e. The molecule has 132 valence electrons. The summed E-state index contributed by atoms with van der Waals surface area (Å²) in [5, 5.41) is 0.515. The van der Waals surface area contributed by atoms with Crippen molar-refractivity contribution in [2.24, 2.45) is 4.36 Å². The van der Waals surface area contributed by atoms with Gasteiger partial charge in [-0.1, -0.05) is 29.8 Å². The maximum atomic E-state index is 12.9. The summed E-state index contributed by atoms with van der Waals surface area (Å²) >= 11 is 5.85. The number of halogens is 1. The first-order valence-corrected chi connectivity index (χ1v) is 9.96. The van der Waals surface area contributed by atoms with Gasteiger partial charge >= 0.3 is 0 Å². The van der Waals surface area contributed by atoms with E-state index in [9.17, 15) is 9.00 Å². The van der Waals surface area contributed by atoms with Crippen molar-refractivity contribution in [1.82, 2.24) is 4.98 Å². The molecule has 0 saturated carbocycles. The summed E-state index contributed by atoms with van der Waals surface area (Å²) in [4.78, 5) is 17.1. The Bertz CT molecular complexity index is 1040. The van der Waals surface area contributed by atoms with E-state index in [-0.39, 0.29) is 11.4 Å². The van der Waals surface area contributed by atoms with Crippen LogP contribution in [0.25, 0.3) is 0 Å². The van der Waals surface area contributed by atoms with Gasteiger partial charge in [-0.25, -0.2) is 9.19 Å². The van der Waals surface area contributed by atoms with Gasteiger partial charge in [0, 0.05) is 22.4 Å². The fourth-order valence-electron chi connectivity index (χ4n) is 2.18. The standard InChI is InChI=1S/C19H15ClN2O3S/c1-26(24,16-11-9-14(20)10-12-16)22-18(23)17-8-5-13-21-19(17)25-15-6-3-2-4-7-15/h2-13H,1H3/t26-/m0/s1. The normalized spacial score (nSPS) is 12.8. The number of benzene rings is 2. The number of carbonyl (C=O) groups excluding carboxylic acids is 1. The lowest BCUT2D eigenvalue weighted by molar-refractivity contribution is 0.100. The van der Waals surface area contributed by atoms with Gasteiger partial charge in [0.05, 0.1) is 9.73 Å². The van der Waals surface area contributed by atoms with Crippen LogP contribution in [0.1, 0.15) is 10.4 Å². The highest BCUT2D eigenvalue weighted by Crippen LogP contribution is 2.24. The highest BCUT2D eigenvalue weighted by atomic mass is 35.5. The molecular weight excluding hydrogens is 372 g/mol. The SMILES string of the molecule is C[S@@](=O)(=NC(=O)c1cccnc1Oc1ccccc1)c1ccc(Cl)cc1. The van der Waals surface area contributed by atoms with Gasteiger partial charge in [0.15, 0.2) is 0 Å². The van der Waals surface area contributed by atoms with E-state index in [1.54, 1.807) is 42.5 Å². The Hall–Kier alpha value is -2.70. The number of para-hydroxylation sites is 1. The highest BCUT2D eigenvalue weighted by molar-refractivity contribution is 7.93. The van der Waals surface area contributed by atoms with Crippen LogP contribution in [0.5, 0.6) is 11.6 Å². The number of hydrogen-bond acceptors (Lipinski definition) is 4. The second-order valence-corrected chi connectivity index (χ2v) is 8.12. The number of hydrogen-bond donors (Lipinski definition) is 0. The van der Waals surface area contributed by atoms with Gasteiger partial charge < -0.3 is 4.74 Å². The monoisotopic (exact) mass is 386 g/mol. The molecule has 0 saturated heterocycles. The Labute approximate surface area is 156 Å².